The van der Waals surface area contributed by atoms with E-state index in [4.69, 9.17) is 0 Å². The van der Waals surface area contributed by atoms with Crippen LogP contribution in [-0.4, -0.2) is 31.4 Å². The molecule has 0 fully saturated rings. The van der Waals surface area contributed by atoms with Gasteiger partial charge in [0.25, 0.3) is 5.91 Å². The molecular formula is C14H18F3NO3S. The van der Waals surface area contributed by atoms with Crippen LogP contribution >= 0.6 is 0 Å². The first-order chi connectivity index (χ1) is 9.84. The van der Waals surface area contributed by atoms with Gasteiger partial charge in [0.15, 0.2) is 9.84 Å². The number of carbonyl (C=O) groups is 1. The summed E-state index contributed by atoms with van der Waals surface area (Å²) in [7, 11) is -3.40. The summed E-state index contributed by atoms with van der Waals surface area (Å²) in [5.41, 5.74) is -1.09. The molecule has 0 unspecified atom stereocenters. The van der Waals surface area contributed by atoms with Crippen molar-refractivity contribution >= 4 is 15.7 Å². The third-order valence-corrected chi connectivity index (χ3v) is 5.65. The molecule has 0 atom stereocenters. The van der Waals surface area contributed by atoms with Crippen molar-refractivity contribution in [3.05, 3.63) is 35.4 Å². The van der Waals surface area contributed by atoms with Crippen molar-refractivity contribution in [3.8, 4) is 0 Å². The second-order valence-electron chi connectivity index (χ2n) is 5.77. The summed E-state index contributed by atoms with van der Waals surface area (Å²) in [6.45, 7) is 4.46. The number of hydrogen-bond donors (Lipinski definition) is 1. The van der Waals surface area contributed by atoms with Crippen molar-refractivity contribution in [1.29, 1.82) is 0 Å². The Hall–Kier alpha value is -1.57. The Morgan fingerprint density at radius 3 is 2.27 bits per heavy atom. The number of rotatable bonds is 4. The normalized spacial score (nSPS) is 13.0. The van der Waals surface area contributed by atoms with Crippen molar-refractivity contribution in [1.82, 2.24) is 5.32 Å². The van der Waals surface area contributed by atoms with E-state index in [9.17, 15) is 26.4 Å². The molecule has 124 valence electrons. The molecule has 1 rings (SSSR count). The van der Waals surface area contributed by atoms with Crippen molar-refractivity contribution in [2.24, 2.45) is 0 Å². The number of sulfone groups is 1. The Labute approximate surface area is 127 Å². The molecule has 0 saturated carbocycles. The fraction of sp³-hybridized carbons (Fsp3) is 0.500. The van der Waals surface area contributed by atoms with Crippen LogP contribution in [0.5, 0.6) is 0 Å². The van der Waals surface area contributed by atoms with E-state index in [0.29, 0.717) is 0 Å². The number of nitrogens with one attached hydrogen (secondary N) is 1. The third-order valence-electron chi connectivity index (χ3n) is 3.04. The minimum atomic E-state index is -4.54. The second-order valence-corrected chi connectivity index (χ2v) is 8.63. The number of amides is 1. The van der Waals surface area contributed by atoms with Gasteiger partial charge in [0.1, 0.15) is 0 Å². The molecule has 1 amide bonds. The van der Waals surface area contributed by atoms with E-state index in [-0.39, 0.29) is 17.9 Å². The van der Waals surface area contributed by atoms with Gasteiger partial charge in [0, 0.05) is 12.1 Å². The van der Waals surface area contributed by atoms with E-state index >= 15 is 0 Å². The van der Waals surface area contributed by atoms with Gasteiger partial charge < -0.3 is 5.32 Å². The summed E-state index contributed by atoms with van der Waals surface area (Å²) < 4.78 is 60.4. The molecule has 0 aliphatic rings. The molecule has 0 spiro atoms. The maximum absolute atomic E-state index is 12.6. The van der Waals surface area contributed by atoms with Crippen LogP contribution in [0.2, 0.25) is 0 Å². The molecule has 8 heteroatoms. The number of carbonyl (C=O) groups excluding carboxylic acids is 1. The van der Waals surface area contributed by atoms with Gasteiger partial charge in [-0.15, -0.1) is 0 Å². The van der Waals surface area contributed by atoms with E-state index in [2.05, 4.69) is 5.32 Å². The fourth-order valence-corrected chi connectivity index (χ4v) is 2.53. The van der Waals surface area contributed by atoms with Crippen molar-refractivity contribution < 1.29 is 26.4 Å². The molecule has 0 saturated heterocycles. The Morgan fingerprint density at radius 1 is 1.18 bits per heavy atom. The molecule has 0 radical (unpaired) electrons. The molecule has 0 aliphatic carbocycles. The van der Waals surface area contributed by atoms with Gasteiger partial charge in [-0.2, -0.15) is 13.2 Å². The maximum Gasteiger partial charge on any atom is 0.416 e. The average Bonchev–Trinajstić information content (AvgIpc) is 2.36. The molecule has 22 heavy (non-hydrogen) atoms. The van der Waals surface area contributed by atoms with E-state index in [1.54, 1.807) is 0 Å². The first-order valence-electron chi connectivity index (χ1n) is 6.52. The molecule has 4 nitrogen and oxygen atoms in total. The highest BCUT2D eigenvalue weighted by Crippen LogP contribution is 2.29. The van der Waals surface area contributed by atoms with Gasteiger partial charge in [0.2, 0.25) is 0 Å². The van der Waals surface area contributed by atoms with E-state index in [1.807, 2.05) is 0 Å². The smallest absolute Gasteiger partial charge is 0.351 e. The SMILES string of the molecule is CC(C)(C)S(=O)(=O)CCNC(=O)c1cccc(C(F)(F)F)c1. The first kappa shape index (κ1) is 18.5. The highest BCUT2D eigenvalue weighted by molar-refractivity contribution is 7.92. The Bertz CT molecular complexity index is 646. The summed E-state index contributed by atoms with van der Waals surface area (Å²) >= 11 is 0. The Morgan fingerprint density at radius 2 is 1.77 bits per heavy atom. The van der Waals surface area contributed by atoms with Gasteiger partial charge in [-0.05, 0) is 39.0 Å². The fourth-order valence-electron chi connectivity index (χ4n) is 1.54. The number of hydrogen-bond acceptors (Lipinski definition) is 3. The molecule has 0 aromatic heterocycles. The van der Waals surface area contributed by atoms with Crippen LogP contribution in [0, 0.1) is 0 Å². The monoisotopic (exact) mass is 337 g/mol. The minimum Gasteiger partial charge on any atom is -0.351 e. The standard InChI is InChI=1S/C14H18F3NO3S/c1-13(2,3)22(20,21)8-7-18-12(19)10-5-4-6-11(9-10)14(15,16)17/h4-6,9H,7-8H2,1-3H3,(H,18,19). The molecule has 0 bridgehead atoms. The lowest BCUT2D eigenvalue weighted by Gasteiger charge is -2.19. The maximum atomic E-state index is 12.6. The summed E-state index contributed by atoms with van der Waals surface area (Å²) in [4.78, 5) is 11.8. The lowest BCUT2D eigenvalue weighted by molar-refractivity contribution is -0.137. The largest absolute Gasteiger partial charge is 0.416 e. The lowest BCUT2D eigenvalue weighted by atomic mass is 10.1. The second kappa shape index (κ2) is 6.28. The van der Waals surface area contributed by atoms with E-state index in [1.165, 1.54) is 26.8 Å². The zero-order chi connectivity index (χ0) is 17.2. The summed E-state index contributed by atoms with van der Waals surface area (Å²) in [5, 5.41) is 2.32. The van der Waals surface area contributed by atoms with Crippen LogP contribution in [0.3, 0.4) is 0 Å². The summed E-state index contributed by atoms with van der Waals surface area (Å²) in [5.74, 6) is -1.02. The predicted molar refractivity (Wildman–Crippen MR) is 77.3 cm³/mol. The summed E-state index contributed by atoms with van der Waals surface area (Å²) in [6, 6.07) is 3.96. The highest BCUT2D eigenvalue weighted by Gasteiger charge is 2.31. The van der Waals surface area contributed by atoms with Crippen molar-refractivity contribution in [3.63, 3.8) is 0 Å². The van der Waals surface area contributed by atoms with Crippen LogP contribution in [0.1, 0.15) is 36.7 Å². The number of halogens is 3. The topological polar surface area (TPSA) is 63.2 Å². The molecule has 1 aromatic rings. The van der Waals surface area contributed by atoms with Crippen LogP contribution in [0.15, 0.2) is 24.3 Å². The van der Waals surface area contributed by atoms with Crippen molar-refractivity contribution in [2.45, 2.75) is 31.7 Å². The van der Waals surface area contributed by atoms with Gasteiger partial charge >= 0.3 is 6.18 Å². The van der Waals surface area contributed by atoms with Crippen LogP contribution < -0.4 is 5.32 Å². The number of benzene rings is 1. The van der Waals surface area contributed by atoms with Gasteiger partial charge in [0.05, 0.1) is 16.1 Å². The molecule has 0 heterocycles. The number of alkyl halides is 3. The zero-order valence-electron chi connectivity index (χ0n) is 12.5. The predicted octanol–water partition coefficient (Wildman–Crippen LogP) is 2.65. The molecule has 1 N–H and O–H groups in total. The molecule has 1 aromatic carbocycles. The van der Waals surface area contributed by atoms with E-state index in [0.717, 1.165) is 18.2 Å². The quantitative estimate of drug-likeness (QED) is 0.919. The van der Waals surface area contributed by atoms with Crippen LogP contribution in [0.4, 0.5) is 13.2 Å². The van der Waals surface area contributed by atoms with Gasteiger partial charge in [-0.3, -0.25) is 4.79 Å². The van der Waals surface area contributed by atoms with Gasteiger partial charge in [-0.25, -0.2) is 8.42 Å². The minimum absolute atomic E-state index is 0.158. The zero-order valence-corrected chi connectivity index (χ0v) is 13.3. The lowest BCUT2D eigenvalue weighted by Crippen LogP contribution is -2.36. The Kier molecular flexibility index (Phi) is 5.27. The van der Waals surface area contributed by atoms with Gasteiger partial charge in [-0.1, -0.05) is 6.07 Å². The average molecular weight is 337 g/mol. The Balaban J connectivity index is 2.72. The molecule has 0 aliphatic heterocycles. The molecular weight excluding hydrogens is 319 g/mol. The van der Waals surface area contributed by atoms with Crippen molar-refractivity contribution in [2.75, 3.05) is 12.3 Å². The third kappa shape index (κ3) is 4.72. The summed E-state index contributed by atoms with van der Waals surface area (Å²) in [6.07, 6.45) is -4.54. The highest BCUT2D eigenvalue weighted by atomic mass is 32.2. The van der Waals surface area contributed by atoms with Crippen LogP contribution in [0.25, 0.3) is 0 Å². The van der Waals surface area contributed by atoms with E-state index < -0.39 is 32.2 Å². The van der Waals surface area contributed by atoms with Crippen LogP contribution in [-0.2, 0) is 16.0 Å². The first-order valence-corrected chi connectivity index (χ1v) is 8.17.